The Morgan fingerprint density at radius 1 is 1.03 bits per heavy atom. The number of benzene rings is 3. The Morgan fingerprint density at radius 2 is 1.71 bits per heavy atom. The molecule has 0 radical (unpaired) electrons. The van der Waals surface area contributed by atoms with Crippen molar-refractivity contribution < 1.29 is 19.1 Å². The van der Waals surface area contributed by atoms with E-state index in [4.69, 9.17) is 4.74 Å². The number of hydrogen-bond acceptors (Lipinski definition) is 5. The molecule has 1 spiro atoms. The lowest BCUT2D eigenvalue weighted by Crippen LogP contribution is -2.51. The van der Waals surface area contributed by atoms with Gasteiger partial charge in [-0.3, -0.25) is 24.2 Å². The first kappa shape index (κ1) is 23.0. The minimum Gasteiger partial charge on any atom is -0.495 e. The third-order valence-electron chi connectivity index (χ3n) is 6.21. The van der Waals surface area contributed by atoms with Gasteiger partial charge >= 0.3 is 0 Å². The smallest absolute Gasteiger partial charge is 0.269 e. The number of carbonyl (C=O) groups excluding carboxylic acids is 3. The summed E-state index contributed by atoms with van der Waals surface area (Å²) in [6.45, 7) is 3.75. The molecule has 1 fully saturated rings. The van der Waals surface area contributed by atoms with Crippen LogP contribution < -0.4 is 19.9 Å². The molecule has 8 heteroatoms. The number of nitrogens with one attached hydrogen (secondary N) is 1. The summed E-state index contributed by atoms with van der Waals surface area (Å²) < 4.78 is 5.32. The molecule has 3 aromatic rings. The van der Waals surface area contributed by atoms with Gasteiger partial charge in [0.25, 0.3) is 5.91 Å². The zero-order chi connectivity index (χ0) is 24.7. The normalized spacial score (nSPS) is 18.8. The van der Waals surface area contributed by atoms with Crippen LogP contribution in [0.5, 0.6) is 5.75 Å². The Hall–Kier alpha value is -3.78. The summed E-state index contributed by atoms with van der Waals surface area (Å²) in [6, 6.07) is 20.4. The second-order valence-electron chi connectivity index (χ2n) is 8.66. The molecule has 0 saturated carbocycles. The average Bonchev–Trinajstić information content (AvgIpc) is 3.30. The Bertz CT molecular complexity index is 1340. The number of rotatable bonds is 5. The van der Waals surface area contributed by atoms with E-state index in [1.54, 1.807) is 23.1 Å². The number of hydrogen-bond donors (Lipinski definition) is 1. The van der Waals surface area contributed by atoms with Crippen molar-refractivity contribution in [2.24, 2.45) is 0 Å². The fraction of sp³-hybridized carbons (Fsp3) is 0.222. The fourth-order valence-corrected chi connectivity index (χ4v) is 6.23. The molecule has 1 N–H and O–H groups in total. The number of thioether (sulfide) groups is 1. The van der Waals surface area contributed by atoms with E-state index in [0.717, 1.165) is 11.1 Å². The lowest BCUT2D eigenvalue weighted by molar-refractivity contribution is -0.124. The highest BCUT2D eigenvalue weighted by molar-refractivity contribution is 8.02. The van der Waals surface area contributed by atoms with Gasteiger partial charge in [0.05, 0.1) is 24.2 Å². The van der Waals surface area contributed by atoms with Crippen molar-refractivity contribution in [2.75, 3.05) is 34.5 Å². The van der Waals surface area contributed by atoms with Crippen LogP contribution in [0.2, 0.25) is 0 Å². The largest absolute Gasteiger partial charge is 0.495 e. The molecule has 0 bridgehead atoms. The Morgan fingerprint density at radius 3 is 2.46 bits per heavy atom. The van der Waals surface area contributed by atoms with Crippen molar-refractivity contribution in [3.63, 3.8) is 0 Å². The number of nitrogens with zero attached hydrogens (tertiary/aromatic N) is 2. The van der Waals surface area contributed by atoms with Crippen LogP contribution in [0.25, 0.3) is 0 Å². The summed E-state index contributed by atoms with van der Waals surface area (Å²) in [5.41, 5.74) is 4.56. The van der Waals surface area contributed by atoms with E-state index < -0.39 is 4.87 Å². The van der Waals surface area contributed by atoms with Crippen LogP contribution in [-0.2, 0) is 19.3 Å². The molecule has 3 aromatic carbocycles. The lowest BCUT2D eigenvalue weighted by Gasteiger charge is -2.33. The van der Waals surface area contributed by atoms with Gasteiger partial charge in [0.15, 0.2) is 0 Å². The summed E-state index contributed by atoms with van der Waals surface area (Å²) in [5, 5.41) is 2.84. The highest BCUT2D eigenvalue weighted by Gasteiger charge is 2.61. The number of para-hydroxylation sites is 3. The number of anilines is 3. The molecule has 2 aliphatic heterocycles. The fourth-order valence-electron chi connectivity index (χ4n) is 4.87. The Kier molecular flexibility index (Phi) is 5.76. The van der Waals surface area contributed by atoms with Crippen LogP contribution in [0.3, 0.4) is 0 Å². The van der Waals surface area contributed by atoms with Gasteiger partial charge < -0.3 is 10.1 Å². The third-order valence-corrected chi connectivity index (χ3v) is 7.60. The molecule has 7 nitrogen and oxygen atoms in total. The van der Waals surface area contributed by atoms with Crippen LogP contribution in [0.15, 0.2) is 66.7 Å². The molecular weight excluding hydrogens is 462 g/mol. The molecule has 178 valence electrons. The lowest BCUT2D eigenvalue weighted by atomic mass is 10.0. The molecule has 35 heavy (non-hydrogen) atoms. The summed E-state index contributed by atoms with van der Waals surface area (Å²) in [4.78, 5) is 42.2. The number of carbonyl (C=O) groups is 3. The molecule has 0 unspecified atom stereocenters. The van der Waals surface area contributed by atoms with Crippen molar-refractivity contribution in [3.8, 4) is 5.75 Å². The molecule has 5 rings (SSSR count). The highest BCUT2D eigenvalue weighted by atomic mass is 32.2. The summed E-state index contributed by atoms with van der Waals surface area (Å²) in [6.07, 6.45) is 0. The maximum atomic E-state index is 14.1. The molecule has 0 aromatic heterocycles. The van der Waals surface area contributed by atoms with Gasteiger partial charge in [-0.15, -0.1) is 11.8 Å². The molecule has 1 saturated heterocycles. The predicted octanol–water partition coefficient (Wildman–Crippen LogP) is 4.23. The van der Waals surface area contributed by atoms with Crippen molar-refractivity contribution >= 4 is 46.5 Å². The van der Waals surface area contributed by atoms with Gasteiger partial charge in [0.2, 0.25) is 16.7 Å². The van der Waals surface area contributed by atoms with E-state index in [-0.39, 0.29) is 30.0 Å². The van der Waals surface area contributed by atoms with Crippen LogP contribution in [0.1, 0.15) is 16.7 Å². The highest BCUT2D eigenvalue weighted by Crippen LogP contribution is 2.55. The minimum absolute atomic E-state index is 0.136. The first-order valence-corrected chi connectivity index (χ1v) is 12.2. The standard InChI is InChI=1S/C27H25N3O4S/c1-17-12-18(2)14-19(13-17)30-25(32)16-35-27(30)20-8-4-6-10-22(20)29(26(27)33)15-24(31)28-21-9-5-7-11-23(21)34-3/h4-14H,15-16H2,1-3H3,(H,28,31)/t27-/m0/s1. The SMILES string of the molecule is COc1ccccc1NC(=O)CN1C(=O)[C@@]2(SCC(=O)N2c2cc(C)cc(C)c2)c2ccccc21. The maximum absolute atomic E-state index is 14.1. The van der Waals surface area contributed by atoms with Crippen LogP contribution >= 0.6 is 11.8 Å². The predicted molar refractivity (Wildman–Crippen MR) is 138 cm³/mol. The molecule has 0 aliphatic carbocycles. The zero-order valence-corrected chi connectivity index (χ0v) is 20.5. The molecule has 2 heterocycles. The number of methoxy groups -OCH3 is 1. The van der Waals surface area contributed by atoms with Gasteiger partial charge in [-0.25, -0.2) is 0 Å². The first-order chi connectivity index (χ1) is 16.8. The number of fused-ring (bicyclic) bond motifs is 2. The van der Waals surface area contributed by atoms with Crippen molar-refractivity contribution in [3.05, 3.63) is 83.4 Å². The third kappa shape index (κ3) is 3.74. The van der Waals surface area contributed by atoms with Gasteiger partial charge in [-0.2, -0.15) is 0 Å². The van der Waals surface area contributed by atoms with Gasteiger partial charge in [-0.05, 0) is 55.3 Å². The van der Waals surface area contributed by atoms with Crippen LogP contribution in [0, 0.1) is 13.8 Å². The van der Waals surface area contributed by atoms with Crippen molar-refractivity contribution in [1.82, 2.24) is 0 Å². The zero-order valence-electron chi connectivity index (χ0n) is 19.7. The van der Waals surface area contributed by atoms with Gasteiger partial charge in [-0.1, -0.05) is 36.4 Å². The van der Waals surface area contributed by atoms with Crippen molar-refractivity contribution in [2.45, 2.75) is 18.7 Å². The van der Waals surface area contributed by atoms with Crippen LogP contribution in [-0.4, -0.2) is 37.1 Å². The number of ether oxygens (including phenoxy) is 1. The van der Waals surface area contributed by atoms with E-state index in [1.807, 2.05) is 62.4 Å². The van der Waals surface area contributed by atoms with Crippen LogP contribution in [0.4, 0.5) is 17.1 Å². The minimum atomic E-state index is -1.25. The van der Waals surface area contributed by atoms with E-state index in [2.05, 4.69) is 5.32 Å². The van der Waals surface area contributed by atoms with E-state index in [9.17, 15) is 14.4 Å². The second-order valence-corrected chi connectivity index (χ2v) is 9.83. The molecule has 3 amide bonds. The Labute approximate surface area is 208 Å². The average molecular weight is 488 g/mol. The maximum Gasteiger partial charge on any atom is 0.269 e. The summed E-state index contributed by atoms with van der Waals surface area (Å²) in [7, 11) is 1.53. The van der Waals surface area contributed by atoms with Gasteiger partial charge in [0, 0.05) is 11.3 Å². The molecule has 2 aliphatic rings. The quantitative estimate of drug-likeness (QED) is 0.583. The van der Waals surface area contributed by atoms with E-state index >= 15 is 0 Å². The number of amides is 3. The van der Waals surface area contributed by atoms with Gasteiger partial charge in [0.1, 0.15) is 12.3 Å². The summed E-state index contributed by atoms with van der Waals surface area (Å²) in [5.74, 6) is -0.0911. The monoisotopic (exact) mass is 487 g/mol. The first-order valence-electron chi connectivity index (χ1n) is 11.2. The molecule has 1 atom stereocenters. The van der Waals surface area contributed by atoms with E-state index in [0.29, 0.717) is 28.4 Å². The topological polar surface area (TPSA) is 79.0 Å². The number of aryl methyl sites for hydroxylation is 2. The molecular formula is C27H25N3O4S. The van der Waals surface area contributed by atoms with E-state index in [1.165, 1.54) is 23.8 Å². The second kappa shape index (κ2) is 8.78. The van der Waals surface area contributed by atoms with Crippen molar-refractivity contribution in [1.29, 1.82) is 0 Å². The summed E-state index contributed by atoms with van der Waals surface area (Å²) >= 11 is 1.30. The Balaban J connectivity index is 1.53.